The molecule has 38 heavy (non-hydrogen) atoms. The number of aliphatic hydroxyl groups excluding tert-OH is 2. The van der Waals surface area contributed by atoms with Gasteiger partial charge in [0.25, 0.3) is 0 Å². The second-order valence-electron chi connectivity index (χ2n) is 9.50. The van der Waals surface area contributed by atoms with E-state index in [-0.39, 0.29) is 30.5 Å². The molecule has 0 spiro atoms. The summed E-state index contributed by atoms with van der Waals surface area (Å²) in [6.45, 7) is 12.2. The molecule has 0 amide bonds. The van der Waals surface area contributed by atoms with Gasteiger partial charge in [0.05, 0.1) is 36.4 Å². The summed E-state index contributed by atoms with van der Waals surface area (Å²) >= 11 is 0. The molecule has 0 saturated heterocycles. The quantitative estimate of drug-likeness (QED) is 0.102. The lowest BCUT2D eigenvalue weighted by atomic mass is 9.97. The molecule has 0 heterocycles. The minimum atomic E-state index is -0.742. The van der Waals surface area contributed by atoms with Gasteiger partial charge in [-0.15, -0.1) is 0 Å². The van der Waals surface area contributed by atoms with E-state index in [4.69, 9.17) is 29.2 Å². The Morgan fingerprint density at radius 2 is 1.45 bits per heavy atom. The molecule has 0 fully saturated rings. The number of aliphatic hydroxyl groups is 2. The van der Waals surface area contributed by atoms with E-state index in [0.29, 0.717) is 11.7 Å². The lowest BCUT2D eigenvalue weighted by molar-refractivity contribution is -0.142. The van der Waals surface area contributed by atoms with E-state index in [1.54, 1.807) is 30.5 Å². The minimum absolute atomic E-state index is 0.0806. The number of carbonyl (C=O) groups is 2. The summed E-state index contributed by atoms with van der Waals surface area (Å²) in [4.78, 5) is 23.8. The van der Waals surface area contributed by atoms with Crippen LogP contribution in [0.5, 0.6) is 5.75 Å². The zero-order chi connectivity index (χ0) is 28.3. The Balaban J connectivity index is 2.62. The van der Waals surface area contributed by atoms with Crippen molar-refractivity contribution in [3.63, 3.8) is 0 Å². The molecule has 0 aliphatic heterocycles. The first-order chi connectivity index (χ1) is 18.2. The summed E-state index contributed by atoms with van der Waals surface area (Å²) in [5, 5.41) is 18.1. The van der Waals surface area contributed by atoms with Crippen LogP contribution in [0.15, 0.2) is 61.1 Å². The topological polar surface area (TPSA) is 112 Å². The molecule has 1 aromatic carbocycles. The largest absolute Gasteiger partial charge is 0.495 e. The van der Waals surface area contributed by atoms with Crippen molar-refractivity contribution in [2.45, 2.75) is 71.3 Å². The van der Waals surface area contributed by atoms with Crippen molar-refractivity contribution in [3.05, 3.63) is 66.7 Å². The molecule has 0 aliphatic carbocycles. The maximum absolute atomic E-state index is 11.9. The molecular weight excluding hydrogens is 488 g/mol. The predicted molar refractivity (Wildman–Crippen MR) is 146 cm³/mol. The second-order valence-corrected chi connectivity index (χ2v) is 9.50. The molecule has 0 bridgehead atoms. The normalized spacial score (nSPS) is 12.7. The lowest BCUT2D eigenvalue weighted by Gasteiger charge is -2.18. The fourth-order valence-corrected chi connectivity index (χ4v) is 3.49. The number of unbranched alkanes of at least 4 members (excludes halogenated alkanes) is 2. The molecule has 0 aromatic heterocycles. The standard InChI is InChI=1S/C30H44O8/c1-6-7-8-9-22(2)10-11-25(5)35-16-17-36-28-14-12-26(13-15-28)27(20-37-29(33)23(3)18-31)21-38-30(34)24(4)19-32/h12-17,22,25,27,31-32H,3-4,6-11,18-21H2,1-2,5H3/b17-16-. The number of rotatable bonds is 20. The maximum atomic E-state index is 11.9. The molecular formula is C30H44O8. The Labute approximate surface area is 226 Å². The molecule has 1 aromatic rings. The third-order valence-corrected chi connectivity index (χ3v) is 6.08. The van der Waals surface area contributed by atoms with Crippen molar-refractivity contribution in [2.75, 3.05) is 26.4 Å². The molecule has 0 aliphatic rings. The van der Waals surface area contributed by atoms with E-state index in [0.717, 1.165) is 18.4 Å². The van der Waals surface area contributed by atoms with Crippen LogP contribution in [0, 0.1) is 5.92 Å². The average molecular weight is 533 g/mol. The van der Waals surface area contributed by atoms with E-state index in [2.05, 4.69) is 27.0 Å². The van der Waals surface area contributed by atoms with Gasteiger partial charge in [-0.1, -0.05) is 64.8 Å². The van der Waals surface area contributed by atoms with E-state index >= 15 is 0 Å². The van der Waals surface area contributed by atoms with Gasteiger partial charge in [-0.3, -0.25) is 0 Å². The Morgan fingerprint density at radius 1 is 0.868 bits per heavy atom. The van der Waals surface area contributed by atoms with Crippen LogP contribution in [0.3, 0.4) is 0 Å². The monoisotopic (exact) mass is 532 g/mol. The molecule has 2 atom stereocenters. The lowest BCUT2D eigenvalue weighted by Crippen LogP contribution is -2.21. The van der Waals surface area contributed by atoms with Crippen LogP contribution in [0.4, 0.5) is 0 Å². The SMILES string of the molecule is C=C(CO)C(=O)OCC(COC(=O)C(=C)CO)c1ccc(O/C=C\OC(C)CCC(C)CCCCC)cc1. The first-order valence-electron chi connectivity index (χ1n) is 13.2. The van der Waals surface area contributed by atoms with Gasteiger partial charge in [-0.25, -0.2) is 9.59 Å². The van der Waals surface area contributed by atoms with E-state index in [1.165, 1.54) is 31.9 Å². The van der Waals surface area contributed by atoms with Crippen LogP contribution in [-0.4, -0.2) is 54.7 Å². The third kappa shape index (κ3) is 13.4. The zero-order valence-electron chi connectivity index (χ0n) is 23.0. The van der Waals surface area contributed by atoms with Crippen molar-refractivity contribution in [1.82, 2.24) is 0 Å². The molecule has 8 heteroatoms. The summed E-state index contributed by atoms with van der Waals surface area (Å²) in [7, 11) is 0. The Bertz CT molecular complexity index is 858. The van der Waals surface area contributed by atoms with Crippen molar-refractivity contribution in [1.29, 1.82) is 0 Å². The molecule has 212 valence electrons. The first kappa shape index (κ1) is 32.9. The number of carbonyl (C=O) groups excluding carboxylic acids is 2. The van der Waals surface area contributed by atoms with Crippen molar-refractivity contribution < 1.29 is 38.7 Å². The van der Waals surface area contributed by atoms with Gasteiger partial charge >= 0.3 is 11.9 Å². The predicted octanol–water partition coefficient (Wildman–Crippen LogP) is 5.21. The Morgan fingerprint density at radius 3 is 1.97 bits per heavy atom. The van der Waals surface area contributed by atoms with Crippen LogP contribution in [0.25, 0.3) is 0 Å². The number of benzene rings is 1. The average Bonchev–Trinajstić information content (AvgIpc) is 2.93. The summed E-state index contributed by atoms with van der Waals surface area (Å²) in [6, 6.07) is 7.00. The van der Waals surface area contributed by atoms with E-state index < -0.39 is 31.1 Å². The van der Waals surface area contributed by atoms with Gasteiger partial charge in [0.1, 0.15) is 31.5 Å². The van der Waals surface area contributed by atoms with Gasteiger partial charge in [0.15, 0.2) is 0 Å². The second kappa shape index (κ2) is 19.0. The molecule has 2 unspecified atom stereocenters. The van der Waals surface area contributed by atoms with Crippen LogP contribution in [0.2, 0.25) is 0 Å². The highest BCUT2D eigenvalue weighted by molar-refractivity contribution is 5.88. The van der Waals surface area contributed by atoms with Gasteiger partial charge in [0.2, 0.25) is 0 Å². The molecule has 8 nitrogen and oxygen atoms in total. The van der Waals surface area contributed by atoms with E-state index in [1.807, 2.05) is 6.92 Å². The van der Waals surface area contributed by atoms with Gasteiger partial charge in [-0.2, -0.15) is 0 Å². The Hall–Kier alpha value is -3.10. The third-order valence-electron chi connectivity index (χ3n) is 6.08. The zero-order valence-corrected chi connectivity index (χ0v) is 23.0. The highest BCUT2D eigenvalue weighted by Gasteiger charge is 2.19. The highest BCUT2D eigenvalue weighted by Crippen LogP contribution is 2.22. The van der Waals surface area contributed by atoms with E-state index in [9.17, 15) is 9.59 Å². The smallest absolute Gasteiger partial charge is 0.335 e. The number of esters is 2. The molecule has 2 N–H and O–H groups in total. The number of hydrogen-bond acceptors (Lipinski definition) is 8. The van der Waals surface area contributed by atoms with Crippen LogP contribution in [0.1, 0.15) is 70.8 Å². The minimum Gasteiger partial charge on any atom is -0.495 e. The molecule has 0 radical (unpaired) electrons. The van der Waals surface area contributed by atoms with Gasteiger partial charge in [0, 0.05) is 0 Å². The highest BCUT2D eigenvalue weighted by atomic mass is 16.5. The summed E-state index contributed by atoms with van der Waals surface area (Å²) in [6.07, 6.45) is 10.3. The fourth-order valence-electron chi connectivity index (χ4n) is 3.49. The molecule has 1 rings (SSSR count). The fraction of sp³-hybridized carbons (Fsp3) is 0.533. The molecule has 0 saturated carbocycles. The maximum Gasteiger partial charge on any atom is 0.335 e. The van der Waals surface area contributed by atoms with Gasteiger partial charge < -0.3 is 29.2 Å². The number of ether oxygens (including phenoxy) is 4. The van der Waals surface area contributed by atoms with Gasteiger partial charge in [-0.05, 0) is 43.4 Å². The van der Waals surface area contributed by atoms with Crippen LogP contribution < -0.4 is 4.74 Å². The Kier molecular flexibility index (Phi) is 16.5. The van der Waals surface area contributed by atoms with Crippen LogP contribution >= 0.6 is 0 Å². The van der Waals surface area contributed by atoms with Crippen molar-refractivity contribution in [2.24, 2.45) is 5.92 Å². The van der Waals surface area contributed by atoms with Crippen LogP contribution in [-0.2, 0) is 23.8 Å². The number of hydrogen-bond donors (Lipinski definition) is 2. The summed E-state index contributed by atoms with van der Waals surface area (Å²) < 4.78 is 21.7. The van der Waals surface area contributed by atoms with Crippen molar-refractivity contribution >= 4 is 11.9 Å². The first-order valence-corrected chi connectivity index (χ1v) is 13.2. The summed E-state index contributed by atoms with van der Waals surface area (Å²) in [5.41, 5.74) is 0.565. The summed E-state index contributed by atoms with van der Waals surface area (Å²) in [5.74, 6) is -0.716. The van der Waals surface area contributed by atoms with Crippen molar-refractivity contribution in [3.8, 4) is 5.75 Å².